The number of nitrogens with one attached hydrogen (secondary N) is 1. The molecule has 0 aliphatic carbocycles. The monoisotopic (exact) mass is 495 g/mol. The first-order chi connectivity index (χ1) is 16.9. The smallest absolute Gasteiger partial charge is 0.230 e. The van der Waals surface area contributed by atoms with Crippen molar-refractivity contribution < 1.29 is 5.11 Å². The van der Waals surface area contributed by atoms with Crippen molar-refractivity contribution in [1.82, 2.24) is 29.4 Å². The van der Waals surface area contributed by atoms with Gasteiger partial charge in [0.15, 0.2) is 5.65 Å². The van der Waals surface area contributed by atoms with Gasteiger partial charge in [0, 0.05) is 48.0 Å². The van der Waals surface area contributed by atoms with Crippen molar-refractivity contribution in [1.29, 1.82) is 0 Å². The maximum absolute atomic E-state index is 9.41. The summed E-state index contributed by atoms with van der Waals surface area (Å²) in [4.78, 5) is 11.9. The van der Waals surface area contributed by atoms with Gasteiger partial charge in [0.05, 0.1) is 24.2 Å². The molecule has 1 fully saturated rings. The summed E-state index contributed by atoms with van der Waals surface area (Å²) >= 11 is 6.61. The van der Waals surface area contributed by atoms with Crippen LogP contribution < -0.4 is 16.0 Å². The molecule has 0 unspecified atom stereocenters. The summed E-state index contributed by atoms with van der Waals surface area (Å²) in [6.45, 7) is 6.18. The number of halogens is 1. The van der Waals surface area contributed by atoms with Gasteiger partial charge in [-0.05, 0) is 37.0 Å². The lowest BCUT2D eigenvalue weighted by Gasteiger charge is -2.30. The van der Waals surface area contributed by atoms with Crippen LogP contribution in [-0.4, -0.2) is 53.6 Å². The predicted molar refractivity (Wildman–Crippen MR) is 136 cm³/mol. The Hall–Kier alpha value is -3.21. The summed E-state index contributed by atoms with van der Waals surface area (Å²) in [5, 5.41) is 22.5. The Morgan fingerprint density at radius 3 is 2.71 bits per heavy atom. The lowest BCUT2D eigenvalue weighted by atomic mass is 10.1. The first-order valence-corrected chi connectivity index (χ1v) is 12.3. The number of rotatable bonds is 7. The number of aliphatic hydroxyl groups is 1. The molecule has 1 aromatic carbocycles. The average molecular weight is 496 g/mol. The third-order valence-electron chi connectivity index (χ3n) is 6.40. The highest BCUT2D eigenvalue weighted by molar-refractivity contribution is 6.31. The summed E-state index contributed by atoms with van der Waals surface area (Å²) < 4.78 is 3.47. The van der Waals surface area contributed by atoms with Crippen molar-refractivity contribution in [3.63, 3.8) is 0 Å². The van der Waals surface area contributed by atoms with E-state index in [0.29, 0.717) is 29.2 Å². The van der Waals surface area contributed by atoms with Gasteiger partial charge >= 0.3 is 0 Å². The van der Waals surface area contributed by atoms with E-state index in [2.05, 4.69) is 34.3 Å². The minimum atomic E-state index is -0.123. The van der Waals surface area contributed by atoms with Crippen LogP contribution >= 0.6 is 11.6 Å². The first-order valence-electron chi connectivity index (χ1n) is 11.9. The van der Waals surface area contributed by atoms with E-state index in [1.165, 1.54) is 0 Å². The number of aromatic nitrogens is 6. The molecule has 184 valence electrons. The minimum Gasteiger partial charge on any atom is -0.390 e. The van der Waals surface area contributed by atoms with E-state index in [0.717, 1.165) is 48.4 Å². The quantitative estimate of drug-likeness (QED) is 0.357. The second kappa shape index (κ2) is 9.80. The van der Waals surface area contributed by atoms with Crippen LogP contribution in [0.15, 0.2) is 36.7 Å². The van der Waals surface area contributed by atoms with Gasteiger partial charge in [0.1, 0.15) is 0 Å². The van der Waals surface area contributed by atoms with Crippen LogP contribution in [-0.2, 0) is 13.2 Å². The molecule has 0 amide bonds. The number of nitrogens with zero attached hydrogens (tertiary/aromatic N) is 7. The highest BCUT2D eigenvalue weighted by Crippen LogP contribution is 2.27. The number of aliphatic hydroxyl groups excluding tert-OH is 1. The summed E-state index contributed by atoms with van der Waals surface area (Å²) in [5.41, 5.74) is 10.2. The zero-order valence-electron chi connectivity index (χ0n) is 19.9. The van der Waals surface area contributed by atoms with Gasteiger partial charge in [-0.3, -0.25) is 0 Å². The van der Waals surface area contributed by atoms with Gasteiger partial charge < -0.3 is 21.1 Å². The highest BCUT2D eigenvalue weighted by atomic mass is 35.5. The molecule has 0 bridgehead atoms. The van der Waals surface area contributed by atoms with Crippen LogP contribution in [0.1, 0.15) is 49.4 Å². The number of piperidine rings is 1. The Labute approximate surface area is 208 Å². The standard InChI is InChI=1S/C24H30ClN9O/c1-15(2)18-13-28-34-22(18)29-24(32-9-6-16(26)7-10-32)30-23(34)27-12-19-20(25)4-3-5-21(19)33-11-8-17(14-35)31-33/h3-5,8,11,13,15-16,35H,6-7,9-10,12,14,26H2,1-2H3,(H,27,29,30). The van der Waals surface area contributed by atoms with Gasteiger partial charge in [-0.2, -0.15) is 24.7 Å². The van der Waals surface area contributed by atoms with E-state index >= 15 is 0 Å². The summed E-state index contributed by atoms with van der Waals surface area (Å²) in [6, 6.07) is 7.67. The molecule has 4 N–H and O–H groups in total. The normalized spacial score (nSPS) is 14.9. The molecule has 1 aliphatic heterocycles. The third-order valence-corrected chi connectivity index (χ3v) is 6.75. The Morgan fingerprint density at radius 2 is 2.00 bits per heavy atom. The predicted octanol–water partition coefficient (Wildman–Crippen LogP) is 3.12. The van der Waals surface area contributed by atoms with Crippen LogP contribution in [0.25, 0.3) is 11.3 Å². The van der Waals surface area contributed by atoms with E-state index in [1.54, 1.807) is 15.3 Å². The van der Waals surface area contributed by atoms with Crippen LogP contribution in [0.2, 0.25) is 5.02 Å². The molecule has 35 heavy (non-hydrogen) atoms. The first kappa shape index (κ1) is 23.5. The van der Waals surface area contributed by atoms with E-state index in [4.69, 9.17) is 27.3 Å². The molecule has 4 heterocycles. The Kier molecular flexibility index (Phi) is 6.59. The van der Waals surface area contributed by atoms with E-state index in [9.17, 15) is 5.11 Å². The molecule has 11 heteroatoms. The van der Waals surface area contributed by atoms with Crippen LogP contribution in [0, 0.1) is 0 Å². The van der Waals surface area contributed by atoms with Crippen molar-refractivity contribution in [2.45, 2.75) is 51.8 Å². The zero-order valence-corrected chi connectivity index (χ0v) is 20.7. The van der Waals surface area contributed by atoms with Crippen LogP contribution in [0.5, 0.6) is 0 Å². The largest absolute Gasteiger partial charge is 0.390 e. The second-order valence-electron chi connectivity index (χ2n) is 9.16. The van der Waals surface area contributed by atoms with Gasteiger partial charge in [0.25, 0.3) is 0 Å². The summed E-state index contributed by atoms with van der Waals surface area (Å²) in [5.74, 6) is 1.54. The molecule has 0 saturated carbocycles. The Balaban J connectivity index is 1.51. The molecule has 1 aliphatic rings. The molecule has 0 radical (unpaired) electrons. The summed E-state index contributed by atoms with van der Waals surface area (Å²) in [7, 11) is 0. The molecule has 0 spiro atoms. The second-order valence-corrected chi connectivity index (χ2v) is 9.57. The molecule has 3 aromatic heterocycles. The van der Waals surface area contributed by atoms with E-state index < -0.39 is 0 Å². The van der Waals surface area contributed by atoms with Gasteiger partial charge in [0.2, 0.25) is 11.9 Å². The summed E-state index contributed by atoms with van der Waals surface area (Å²) in [6.07, 6.45) is 5.49. The number of fused-ring (bicyclic) bond motifs is 1. The van der Waals surface area contributed by atoms with E-state index in [1.807, 2.05) is 30.6 Å². The highest BCUT2D eigenvalue weighted by Gasteiger charge is 2.22. The Bertz CT molecular complexity index is 1320. The topological polar surface area (TPSA) is 122 Å². The number of nitrogens with two attached hydrogens (primary N) is 1. The fourth-order valence-corrected chi connectivity index (χ4v) is 4.57. The molecule has 0 atom stereocenters. The van der Waals surface area contributed by atoms with Crippen LogP contribution in [0.4, 0.5) is 11.9 Å². The van der Waals surface area contributed by atoms with Crippen molar-refractivity contribution in [2.24, 2.45) is 5.73 Å². The minimum absolute atomic E-state index is 0.123. The third kappa shape index (κ3) is 4.69. The van der Waals surface area contributed by atoms with Gasteiger partial charge in [-0.1, -0.05) is 31.5 Å². The SMILES string of the molecule is CC(C)c1cnn2c(NCc3c(Cl)cccc3-n3ccc(CO)n3)nc(N3CCC(N)CC3)nc12. The number of hydrogen-bond acceptors (Lipinski definition) is 8. The zero-order chi connectivity index (χ0) is 24.5. The van der Waals surface area contributed by atoms with Crippen molar-refractivity contribution in [3.05, 3.63) is 58.5 Å². The number of anilines is 2. The van der Waals surface area contributed by atoms with Gasteiger partial charge in [-0.15, -0.1) is 0 Å². The molecule has 5 rings (SSSR count). The molecular formula is C24H30ClN9O. The molecule has 10 nitrogen and oxygen atoms in total. The number of hydrogen-bond donors (Lipinski definition) is 3. The van der Waals surface area contributed by atoms with Crippen molar-refractivity contribution >= 4 is 29.1 Å². The lowest BCUT2D eigenvalue weighted by molar-refractivity contribution is 0.276. The van der Waals surface area contributed by atoms with Crippen molar-refractivity contribution in [2.75, 3.05) is 23.3 Å². The average Bonchev–Trinajstić information content (AvgIpc) is 3.51. The number of benzene rings is 1. The van der Waals surface area contributed by atoms with E-state index in [-0.39, 0.29) is 18.6 Å². The van der Waals surface area contributed by atoms with Gasteiger partial charge in [-0.25, -0.2) is 4.68 Å². The van der Waals surface area contributed by atoms with Crippen LogP contribution in [0.3, 0.4) is 0 Å². The molecule has 4 aromatic rings. The maximum atomic E-state index is 9.41. The molecular weight excluding hydrogens is 466 g/mol. The molecule has 1 saturated heterocycles. The maximum Gasteiger partial charge on any atom is 0.230 e. The Morgan fingerprint density at radius 1 is 1.20 bits per heavy atom. The fourth-order valence-electron chi connectivity index (χ4n) is 4.33. The van der Waals surface area contributed by atoms with Crippen molar-refractivity contribution in [3.8, 4) is 5.69 Å². The fraction of sp³-hybridized carbons (Fsp3) is 0.417. The lowest BCUT2D eigenvalue weighted by Crippen LogP contribution is -2.40.